The molecular weight excluding hydrogens is 311 g/mol. The highest BCUT2D eigenvalue weighted by Gasteiger charge is 2.07. The first-order valence-corrected chi connectivity index (χ1v) is 6.69. The van der Waals surface area contributed by atoms with Crippen LogP contribution in [0.1, 0.15) is 17.2 Å². The second-order valence-electron chi connectivity index (χ2n) is 4.16. The highest BCUT2D eigenvalue weighted by Crippen LogP contribution is 2.18. The third-order valence-corrected chi connectivity index (χ3v) is 3.50. The maximum atomic E-state index is 12.9. The Morgan fingerprint density at radius 3 is 2.68 bits per heavy atom. The molecule has 100 valence electrons. The largest absolute Gasteiger partial charge is 0.387 e. The molecule has 0 spiro atoms. The number of hydrogen-bond acceptors (Lipinski definition) is 3. The van der Waals surface area contributed by atoms with Gasteiger partial charge in [-0.3, -0.25) is 4.98 Å². The van der Waals surface area contributed by atoms with E-state index in [-0.39, 0.29) is 5.82 Å². The first kappa shape index (κ1) is 14.1. The Balaban J connectivity index is 1.86. The summed E-state index contributed by atoms with van der Waals surface area (Å²) >= 11 is 3.31. The van der Waals surface area contributed by atoms with Crippen LogP contribution in [0.3, 0.4) is 0 Å². The highest BCUT2D eigenvalue weighted by molar-refractivity contribution is 9.10. The van der Waals surface area contributed by atoms with Crippen LogP contribution in [0.4, 0.5) is 4.39 Å². The van der Waals surface area contributed by atoms with Gasteiger partial charge in [-0.15, -0.1) is 0 Å². The molecule has 2 rings (SSSR count). The Kier molecular flexibility index (Phi) is 5.01. The van der Waals surface area contributed by atoms with Gasteiger partial charge in [-0.2, -0.15) is 0 Å². The summed E-state index contributed by atoms with van der Waals surface area (Å²) < 4.78 is 13.6. The normalized spacial score (nSPS) is 12.4. The molecule has 1 heterocycles. The van der Waals surface area contributed by atoms with Gasteiger partial charge in [-0.1, -0.05) is 22.0 Å². The zero-order valence-corrected chi connectivity index (χ0v) is 11.8. The SMILES string of the molecule is OC(CNCc1ccc(F)cc1Br)c1ccncc1. The van der Waals surface area contributed by atoms with E-state index in [1.807, 2.05) is 0 Å². The Morgan fingerprint density at radius 1 is 1.26 bits per heavy atom. The van der Waals surface area contributed by atoms with Crippen molar-refractivity contribution >= 4 is 15.9 Å². The first-order valence-electron chi connectivity index (χ1n) is 5.89. The molecule has 19 heavy (non-hydrogen) atoms. The van der Waals surface area contributed by atoms with E-state index in [9.17, 15) is 9.50 Å². The number of rotatable bonds is 5. The van der Waals surface area contributed by atoms with Gasteiger partial charge in [-0.25, -0.2) is 4.39 Å². The van der Waals surface area contributed by atoms with Crippen molar-refractivity contribution in [3.63, 3.8) is 0 Å². The number of hydrogen-bond donors (Lipinski definition) is 2. The topological polar surface area (TPSA) is 45.1 Å². The van der Waals surface area contributed by atoms with Gasteiger partial charge < -0.3 is 10.4 Å². The lowest BCUT2D eigenvalue weighted by molar-refractivity contribution is 0.174. The van der Waals surface area contributed by atoms with Gasteiger partial charge in [0.2, 0.25) is 0 Å². The summed E-state index contributed by atoms with van der Waals surface area (Å²) in [5.41, 5.74) is 1.77. The van der Waals surface area contributed by atoms with Crippen LogP contribution in [0.5, 0.6) is 0 Å². The molecular formula is C14H14BrFN2O. The monoisotopic (exact) mass is 324 g/mol. The molecule has 0 aliphatic rings. The van der Waals surface area contributed by atoms with Crippen LogP contribution in [0.2, 0.25) is 0 Å². The molecule has 0 saturated heterocycles. The lowest BCUT2D eigenvalue weighted by Crippen LogP contribution is -2.21. The van der Waals surface area contributed by atoms with Crippen LogP contribution < -0.4 is 5.32 Å². The fourth-order valence-electron chi connectivity index (χ4n) is 1.71. The number of aromatic nitrogens is 1. The van der Waals surface area contributed by atoms with Crippen molar-refractivity contribution in [3.8, 4) is 0 Å². The number of nitrogens with one attached hydrogen (secondary N) is 1. The van der Waals surface area contributed by atoms with Gasteiger partial charge in [-0.05, 0) is 35.4 Å². The van der Waals surface area contributed by atoms with Crippen molar-refractivity contribution in [1.29, 1.82) is 0 Å². The van der Waals surface area contributed by atoms with E-state index >= 15 is 0 Å². The summed E-state index contributed by atoms with van der Waals surface area (Å²) in [5.74, 6) is -0.271. The van der Waals surface area contributed by atoms with Crippen LogP contribution in [0.25, 0.3) is 0 Å². The summed E-state index contributed by atoms with van der Waals surface area (Å²) in [6.45, 7) is 0.983. The Morgan fingerprint density at radius 2 is 2.00 bits per heavy atom. The Bertz CT molecular complexity index is 536. The van der Waals surface area contributed by atoms with Crippen molar-refractivity contribution in [2.75, 3.05) is 6.54 Å². The second kappa shape index (κ2) is 6.75. The molecule has 1 unspecified atom stereocenters. The molecule has 0 aliphatic carbocycles. The van der Waals surface area contributed by atoms with Crippen molar-refractivity contribution in [3.05, 3.63) is 64.1 Å². The molecule has 0 radical (unpaired) electrons. The fourth-order valence-corrected chi connectivity index (χ4v) is 2.20. The van der Waals surface area contributed by atoms with Gasteiger partial charge in [0, 0.05) is 30.0 Å². The minimum absolute atomic E-state index is 0.271. The maximum absolute atomic E-state index is 12.9. The van der Waals surface area contributed by atoms with Crippen LogP contribution in [-0.2, 0) is 6.54 Å². The fraction of sp³-hybridized carbons (Fsp3) is 0.214. The van der Waals surface area contributed by atoms with E-state index < -0.39 is 6.10 Å². The van der Waals surface area contributed by atoms with Crippen molar-refractivity contribution in [2.45, 2.75) is 12.6 Å². The minimum atomic E-state index is -0.581. The van der Waals surface area contributed by atoms with E-state index in [1.54, 1.807) is 30.6 Å². The number of nitrogens with zero attached hydrogens (tertiary/aromatic N) is 1. The maximum Gasteiger partial charge on any atom is 0.124 e. The lowest BCUT2D eigenvalue weighted by Gasteiger charge is -2.12. The molecule has 0 saturated carbocycles. The average molecular weight is 325 g/mol. The zero-order chi connectivity index (χ0) is 13.7. The molecule has 0 aliphatic heterocycles. The molecule has 1 atom stereocenters. The lowest BCUT2D eigenvalue weighted by atomic mass is 10.1. The zero-order valence-electron chi connectivity index (χ0n) is 10.2. The predicted octanol–water partition coefficient (Wildman–Crippen LogP) is 2.81. The predicted molar refractivity (Wildman–Crippen MR) is 75.0 cm³/mol. The summed E-state index contributed by atoms with van der Waals surface area (Å²) in [6, 6.07) is 8.11. The van der Waals surface area contributed by atoms with Gasteiger partial charge in [0.15, 0.2) is 0 Å². The number of aliphatic hydroxyl groups is 1. The van der Waals surface area contributed by atoms with Gasteiger partial charge in [0.25, 0.3) is 0 Å². The molecule has 1 aromatic heterocycles. The summed E-state index contributed by atoms with van der Waals surface area (Å²) in [7, 11) is 0. The smallest absolute Gasteiger partial charge is 0.124 e. The number of pyridine rings is 1. The Labute approximate surface area is 119 Å². The van der Waals surface area contributed by atoms with Gasteiger partial charge in [0.05, 0.1) is 6.10 Å². The quantitative estimate of drug-likeness (QED) is 0.889. The third kappa shape index (κ3) is 4.09. The van der Waals surface area contributed by atoms with Crippen molar-refractivity contribution < 1.29 is 9.50 Å². The minimum Gasteiger partial charge on any atom is -0.387 e. The highest BCUT2D eigenvalue weighted by atomic mass is 79.9. The second-order valence-corrected chi connectivity index (χ2v) is 5.02. The molecule has 1 aromatic carbocycles. The third-order valence-electron chi connectivity index (χ3n) is 2.76. The van der Waals surface area contributed by atoms with Crippen molar-refractivity contribution in [2.24, 2.45) is 0 Å². The number of benzene rings is 1. The molecule has 3 nitrogen and oxygen atoms in total. The number of aliphatic hydroxyl groups excluding tert-OH is 1. The van der Waals surface area contributed by atoms with Crippen LogP contribution >= 0.6 is 15.9 Å². The van der Waals surface area contributed by atoms with Crippen LogP contribution in [-0.4, -0.2) is 16.6 Å². The molecule has 2 aromatic rings. The average Bonchev–Trinajstić information content (AvgIpc) is 2.42. The Hall–Kier alpha value is -1.30. The van der Waals surface area contributed by atoms with E-state index in [0.717, 1.165) is 15.6 Å². The van der Waals surface area contributed by atoms with Gasteiger partial charge >= 0.3 is 0 Å². The van der Waals surface area contributed by atoms with Crippen molar-refractivity contribution in [1.82, 2.24) is 10.3 Å². The molecule has 5 heteroatoms. The summed E-state index contributed by atoms with van der Waals surface area (Å²) in [4.78, 5) is 3.90. The standard InChI is InChI=1S/C14H14BrFN2O/c15-13-7-12(16)2-1-11(13)8-18-9-14(19)10-3-5-17-6-4-10/h1-7,14,18-19H,8-9H2. The van der Waals surface area contributed by atoms with Gasteiger partial charge in [0.1, 0.15) is 5.82 Å². The van der Waals surface area contributed by atoms with E-state index in [1.165, 1.54) is 12.1 Å². The first-order chi connectivity index (χ1) is 9.16. The molecule has 0 amide bonds. The van der Waals surface area contributed by atoms with E-state index in [2.05, 4.69) is 26.2 Å². The molecule has 0 fully saturated rings. The molecule has 0 bridgehead atoms. The number of halogens is 2. The van der Waals surface area contributed by atoms with E-state index in [0.29, 0.717) is 13.1 Å². The van der Waals surface area contributed by atoms with Crippen LogP contribution in [0, 0.1) is 5.82 Å². The summed E-state index contributed by atoms with van der Waals surface area (Å²) in [5, 5.41) is 13.1. The van der Waals surface area contributed by atoms with E-state index in [4.69, 9.17) is 0 Å². The van der Waals surface area contributed by atoms with Crippen LogP contribution in [0.15, 0.2) is 47.2 Å². The molecule has 2 N–H and O–H groups in total. The summed E-state index contributed by atoms with van der Waals surface area (Å²) in [6.07, 6.45) is 2.71.